The largest absolute Gasteiger partial charge is 0.497 e. The molecule has 2 heterocycles. The number of nitrogens with zero attached hydrogens (tertiary/aromatic N) is 2. The molecule has 2 aromatic rings. The SMILES string of the molecule is CNCC1CCCCN1c1nccc2ccc(OC)cc12. The fraction of sp³-hybridized carbons (Fsp3) is 0.471. The molecule has 0 bridgehead atoms. The maximum absolute atomic E-state index is 5.38. The summed E-state index contributed by atoms with van der Waals surface area (Å²) in [5, 5.41) is 5.71. The molecule has 1 fully saturated rings. The monoisotopic (exact) mass is 285 g/mol. The van der Waals surface area contributed by atoms with Gasteiger partial charge in [0, 0.05) is 30.7 Å². The lowest BCUT2D eigenvalue weighted by molar-refractivity contribution is 0.415. The van der Waals surface area contributed by atoms with Crippen LogP contribution in [0.15, 0.2) is 30.5 Å². The minimum absolute atomic E-state index is 0.521. The lowest BCUT2D eigenvalue weighted by Gasteiger charge is -2.37. The van der Waals surface area contributed by atoms with Crippen LogP contribution in [0.25, 0.3) is 10.8 Å². The highest BCUT2D eigenvalue weighted by atomic mass is 16.5. The topological polar surface area (TPSA) is 37.4 Å². The fourth-order valence-corrected chi connectivity index (χ4v) is 3.22. The van der Waals surface area contributed by atoms with E-state index in [1.807, 2.05) is 19.3 Å². The van der Waals surface area contributed by atoms with Crippen molar-refractivity contribution in [3.05, 3.63) is 30.5 Å². The van der Waals surface area contributed by atoms with E-state index in [1.165, 1.54) is 30.0 Å². The molecule has 0 radical (unpaired) electrons. The smallest absolute Gasteiger partial charge is 0.136 e. The summed E-state index contributed by atoms with van der Waals surface area (Å²) in [5.74, 6) is 1.98. The van der Waals surface area contributed by atoms with Crippen LogP contribution >= 0.6 is 0 Å². The number of rotatable bonds is 4. The second kappa shape index (κ2) is 6.31. The summed E-state index contributed by atoms with van der Waals surface area (Å²) in [4.78, 5) is 7.14. The van der Waals surface area contributed by atoms with Gasteiger partial charge in [0.2, 0.25) is 0 Å². The highest BCUT2D eigenvalue weighted by molar-refractivity contribution is 5.93. The van der Waals surface area contributed by atoms with Crippen LogP contribution in [0.1, 0.15) is 19.3 Å². The first-order chi connectivity index (χ1) is 10.3. The van der Waals surface area contributed by atoms with Gasteiger partial charge in [-0.25, -0.2) is 4.98 Å². The minimum Gasteiger partial charge on any atom is -0.497 e. The van der Waals surface area contributed by atoms with Gasteiger partial charge in [-0.3, -0.25) is 0 Å². The van der Waals surface area contributed by atoms with E-state index in [4.69, 9.17) is 4.74 Å². The van der Waals surface area contributed by atoms with Crippen LogP contribution in [0, 0.1) is 0 Å². The van der Waals surface area contributed by atoms with Crippen molar-refractivity contribution in [2.75, 3.05) is 32.1 Å². The molecule has 1 aliphatic heterocycles. The molecule has 1 aliphatic rings. The van der Waals surface area contributed by atoms with Crippen LogP contribution < -0.4 is 15.0 Å². The first kappa shape index (κ1) is 14.1. The van der Waals surface area contributed by atoms with Crippen molar-refractivity contribution < 1.29 is 4.74 Å². The van der Waals surface area contributed by atoms with E-state index in [9.17, 15) is 0 Å². The Kier molecular flexibility index (Phi) is 4.25. The number of ether oxygens (including phenoxy) is 1. The number of aromatic nitrogens is 1. The fourth-order valence-electron chi connectivity index (χ4n) is 3.22. The molecular formula is C17H23N3O. The van der Waals surface area contributed by atoms with Crippen molar-refractivity contribution in [3.63, 3.8) is 0 Å². The lowest BCUT2D eigenvalue weighted by atomic mass is 10.0. The van der Waals surface area contributed by atoms with Gasteiger partial charge in [0.05, 0.1) is 7.11 Å². The van der Waals surface area contributed by atoms with Gasteiger partial charge in [-0.05, 0) is 49.9 Å². The Morgan fingerprint density at radius 1 is 1.33 bits per heavy atom. The standard InChI is InChI=1S/C17H23N3O/c1-18-12-14-5-3-4-10-20(14)17-16-11-15(21-2)7-6-13(16)8-9-19-17/h6-9,11,14,18H,3-5,10,12H2,1-2H3. The summed E-state index contributed by atoms with van der Waals surface area (Å²) < 4.78 is 5.38. The van der Waals surface area contributed by atoms with Gasteiger partial charge in [-0.15, -0.1) is 0 Å². The molecule has 21 heavy (non-hydrogen) atoms. The number of benzene rings is 1. The first-order valence-electron chi connectivity index (χ1n) is 7.67. The highest BCUT2D eigenvalue weighted by Gasteiger charge is 2.24. The number of hydrogen-bond donors (Lipinski definition) is 1. The molecule has 1 unspecified atom stereocenters. The average Bonchev–Trinajstić information content (AvgIpc) is 2.55. The average molecular weight is 285 g/mol. The number of fused-ring (bicyclic) bond motifs is 1. The Morgan fingerprint density at radius 2 is 2.24 bits per heavy atom. The van der Waals surface area contributed by atoms with Crippen LogP contribution in [0.4, 0.5) is 5.82 Å². The third-order valence-electron chi connectivity index (χ3n) is 4.29. The Labute approximate surface area is 126 Å². The van der Waals surface area contributed by atoms with Crippen molar-refractivity contribution in [1.82, 2.24) is 10.3 Å². The Morgan fingerprint density at radius 3 is 3.05 bits per heavy atom. The van der Waals surface area contributed by atoms with Crippen LogP contribution in [0.5, 0.6) is 5.75 Å². The molecule has 1 saturated heterocycles. The molecule has 0 spiro atoms. The van der Waals surface area contributed by atoms with Gasteiger partial charge >= 0.3 is 0 Å². The molecule has 0 aliphatic carbocycles. The van der Waals surface area contributed by atoms with Crippen molar-refractivity contribution in [3.8, 4) is 5.75 Å². The molecule has 4 nitrogen and oxygen atoms in total. The van der Waals surface area contributed by atoms with Gasteiger partial charge in [-0.1, -0.05) is 6.07 Å². The zero-order valence-corrected chi connectivity index (χ0v) is 12.8. The molecule has 0 amide bonds. The van der Waals surface area contributed by atoms with E-state index in [0.717, 1.165) is 24.7 Å². The third kappa shape index (κ3) is 2.81. The Bertz CT molecular complexity index is 612. The summed E-state index contributed by atoms with van der Waals surface area (Å²) in [6.07, 6.45) is 5.68. The summed E-state index contributed by atoms with van der Waals surface area (Å²) in [7, 11) is 3.73. The molecular weight excluding hydrogens is 262 g/mol. The molecule has 1 atom stereocenters. The summed E-state index contributed by atoms with van der Waals surface area (Å²) in [5.41, 5.74) is 0. The van der Waals surface area contributed by atoms with Gasteiger partial charge < -0.3 is 15.0 Å². The van der Waals surface area contributed by atoms with E-state index >= 15 is 0 Å². The zero-order chi connectivity index (χ0) is 14.7. The number of hydrogen-bond acceptors (Lipinski definition) is 4. The van der Waals surface area contributed by atoms with Crippen molar-refractivity contribution >= 4 is 16.6 Å². The maximum Gasteiger partial charge on any atom is 0.136 e. The summed E-state index contributed by atoms with van der Waals surface area (Å²) in [6, 6.07) is 8.80. The zero-order valence-electron chi connectivity index (χ0n) is 12.8. The van der Waals surface area contributed by atoms with E-state index in [1.54, 1.807) is 7.11 Å². The number of pyridine rings is 1. The molecule has 1 N–H and O–H groups in total. The lowest BCUT2D eigenvalue weighted by Crippen LogP contribution is -2.45. The summed E-state index contributed by atoms with van der Waals surface area (Å²) >= 11 is 0. The van der Waals surface area contributed by atoms with Crippen molar-refractivity contribution in [1.29, 1.82) is 0 Å². The van der Waals surface area contributed by atoms with Crippen molar-refractivity contribution in [2.45, 2.75) is 25.3 Å². The van der Waals surface area contributed by atoms with E-state index in [2.05, 4.69) is 33.4 Å². The van der Waals surface area contributed by atoms with Gasteiger partial charge in [0.1, 0.15) is 11.6 Å². The van der Waals surface area contributed by atoms with Crippen LogP contribution in [-0.4, -0.2) is 38.3 Å². The number of anilines is 1. The second-order valence-corrected chi connectivity index (χ2v) is 5.62. The normalized spacial score (nSPS) is 19.0. The number of piperidine rings is 1. The Balaban J connectivity index is 2.05. The molecule has 1 aromatic carbocycles. The number of likely N-dealkylation sites (N-methyl/N-ethyl adjacent to an activating group) is 1. The molecule has 3 rings (SSSR count). The van der Waals surface area contributed by atoms with Crippen LogP contribution in [0.3, 0.4) is 0 Å². The van der Waals surface area contributed by atoms with Gasteiger partial charge in [0.15, 0.2) is 0 Å². The Hall–Kier alpha value is -1.81. The molecule has 4 heteroatoms. The predicted octanol–water partition coefficient (Wildman–Crippen LogP) is 2.82. The minimum atomic E-state index is 0.521. The predicted molar refractivity (Wildman–Crippen MR) is 87.2 cm³/mol. The van der Waals surface area contributed by atoms with Gasteiger partial charge in [0.25, 0.3) is 0 Å². The first-order valence-corrected chi connectivity index (χ1v) is 7.67. The number of nitrogens with one attached hydrogen (secondary N) is 1. The van der Waals surface area contributed by atoms with Gasteiger partial charge in [-0.2, -0.15) is 0 Å². The van der Waals surface area contributed by atoms with Crippen molar-refractivity contribution in [2.24, 2.45) is 0 Å². The van der Waals surface area contributed by atoms with E-state index in [-0.39, 0.29) is 0 Å². The number of methoxy groups -OCH3 is 1. The quantitative estimate of drug-likeness (QED) is 0.937. The molecule has 112 valence electrons. The van der Waals surface area contributed by atoms with E-state index < -0.39 is 0 Å². The van der Waals surface area contributed by atoms with Crippen LogP contribution in [-0.2, 0) is 0 Å². The highest BCUT2D eigenvalue weighted by Crippen LogP contribution is 2.31. The van der Waals surface area contributed by atoms with E-state index in [0.29, 0.717) is 6.04 Å². The third-order valence-corrected chi connectivity index (χ3v) is 4.29. The molecule has 0 saturated carbocycles. The molecule has 1 aromatic heterocycles. The summed E-state index contributed by atoms with van der Waals surface area (Å²) in [6.45, 7) is 2.08. The maximum atomic E-state index is 5.38. The van der Waals surface area contributed by atoms with Crippen LogP contribution in [0.2, 0.25) is 0 Å². The second-order valence-electron chi connectivity index (χ2n) is 5.62.